The monoisotopic (exact) mass is 200 g/mol. The predicted molar refractivity (Wildman–Crippen MR) is 62.4 cm³/mol. The Kier molecular flexibility index (Phi) is 5.21. The maximum Gasteiger partial charge on any atom is 0.0958 e. The zero-order valence-electron chi connectivity index (χ0n) is 8.82. The van der Waals surface area contributed by atoms with Crippen LogP contribution in [0.15, 0.2) is 43.0 Å². The molecule has 78 valence electrons. The zero-order chi connectivity index (χ0) is 10.9. The van der Waals surface area contributed by atoms with E-state index in [9.17, 15) is 0 Å². The Labute approximate surface area is 91.2 Å². The van der Waals surface area contributed by atoms with Gasteiger partial charge in [-0.1, -0.05) is 36.4 Å². The van der Waals surface area contributed by atoms with Gasteiger partial charge in [-0.15, -0.1) is 6.58 Å². The van der Waals surface area contributed by atoms with Crippen molar-refractivity contribution in [2.75, 3.05) is 6.54 Å². The van der Waals surface area contributed by atoms with Crippen molar-refractivity contribution in [3.63, 3.8) is 0 Å². The summed E-state index contributed by atoms with van der Waals surface area (Å²) in [4.78, 5) is 0. The number of benzene rings is 1. The van der Waals surface area contributed by atoms with Gasteiger partial charge in [0.25, 0.3) is 0 Å². The summed E-state index contributed by atoms with van der Waals surface area (Å²) in [6.45, 7) is 4.30. The van der Waals surface area contributed by atoms with Gasteiger partial charge in [0.05, 0.1) is 12.1 Å². The van der Waals surface area contributed by atoms with Gasteiger partial charge >= 0.3 is 0 Å². The van der Waals surface area contributed by atoms with E-state index < -0.39 is 0 Å². The van der Waals surface area contributed by atoms with Gasteiger partial charge in [-0.3, -0.25) is 5.32 Å². The largest absolute Gasteiger partial charge is 0.298 e. The maximum atomic E-state index is 8.88. The number of nitrogens with one attached hydrogen (secondary N) is 1. The topological polar surface area (TPSA) is 35.8 Å². The van der Waals surface area contributed by atoms with Gasteiger partial charge in [0, 0.05) is 6.54 Å². The summed E-state index contributed by atoms with van der Waals surface area (Å²) in [7, 11) is 0. The van der Waals surface area contributed by atoms with Crippen molar-refractivity contribution in [3.8, 4) is 6.07 Å². The van der Waals surface area contributed by atoms with Crippen molar-refractivity contribution < 1.29 is 0 Å². The molecule has 0 saturated heterocycles. The average molecular weight is 200 g/mol. The number of nitriles is 1. The molecule has 1 rings (SSSR count). The molecule has 1 atom stereocenters. The normalized spacial score (nSPS) is 11.7. The van der Waals surface area contributed by atoms with E-state index in [1.807, 2.05) is 18.2 Å². The molecule has 0 spiro atoms. The number of hydrogen-bond acceptors (Lipinski definition) is 2. The van der Waals surface area contributed by atoms with E-state index >= 15 is 0 Å². The Hall–Kier alpha value is -1.59. The smallest absolute Gasteiger partial charge is 0.0958 e. The van der Waals surface area contributed by atoms with Gasteiger partial charge in [-0.2, -0.15) is 5.26 Å². The summed E-state index contributed by atoms with van der Waals surface area (Å²) < 4.78 is 0. The molecule has 0 amide bonds. The highest BCUT2D eigenvalue weighted by molar-refractivity contribution is 5.15. The number of nitrogens with zero attached hydrogens (tertiary/aromatic N) is 1. The van der Waals surface area contributed by atoms with Crippen LogP contribution in [0.1, 0.15) is 12.0 Å². The van der Waals surface area contributed by atoms with E-state index in [0.717, 1.165) is 12.8 Å². The summed E-state index contributed by atoms with van der Waals surface area (Å²) in [5, 5.41) is 12.0. The molecule has 1 unspecified atom stereocenters. The maximum absolute atomic E-state index is 8.88. The molecule has 0 heterocycles. The molecule has 0 aromatic heterocycles. The van der Waals surface area contributed by atoms with Crippen molar-refractivity contribution in [2.24, 2.45) is 0 Å². The van der Waals surface area contributed by atoms with E-state index in [4.69, 9.17) is 5.26 Å². The predicted octanol–water partition coefficient (Wildman–Crippen LogP) is 2.29. The lowest BCUT2D eigenvalue weighted by Gasteiger charge is -2.09. The van der Waals surface area contributed by atoms with Crippen LogP contribution < -0.4 is 5.32 Å². The van der Waals surface area contributed by atoms with Gasteiger partial charge in [0.2, 0.25) is 0 Å². The van der Waals surface area contributed by atoms with Crippen LogP contribution >= 0.6 is 0 Å². The molecule has 0 aliphatic carbocycles. The first-order chi connectivity index (χ1) is 7.36. The molecule has 0 aliphatic heterocycles. The fourth-order valence-electron chi connectivity index (χ4n) is 1.39. The first kappa shape index (κ1) is 11.5. The molecule has 1 N–H and O–H groups in total. The lowest BCUT2D eigenvalue weighted by Crippen LogP contribution is -2.28. The second-order valence-corrected chi connectivity index (χ2v) is 3.40. The lowest BCUT2D eigenvalue weighted by molar-refractivity contribution is 0.598. The number of rotatable bonds is 6. The molecule has 0 saturated carbocycles. The highest BCUT2D eigenvalue weighted by Crippen LogP contribution is 2.04. The first-order valence-corrected chi connectivity index (χ1v) is 5.14. The highest BCUT2D eigenvalue weighted by atomic mass is 14.9. The molecule has 0 bridgehead atoms. The van der Waals surface area contributed by atoms with Crippen LogP contribution in [0.25, 0.3) is 0 Å². The fraction of sp³-hybridized carbons (Fsp3) is 0.308. The zero-order valence-corrected chi connectivity index (χ0v) is 8.82. The minimum absolute atomic E-state index is 0.0804. The standard InChI is InChI=1S/C13H16N2/c1-2-10-15-13(11-14)9-8-12-6-4-3-5-7-12/h2-7,13,15H,1,8-10H2. The molecule has 2 heteroatoms. The van der Waals surface area contributed by atoms with Crippen LogP contribution in [0.4, 0.5) is 0 Å². The van der Waals surface area contributed by atoms with Crippen LogP contribution in [0.2, 0.25) is 0 Å². The van der Waals surface area contributed by atoms with Crippen LogP contribution in [0.5, 0.6) is 0 Å². The molecule has 0 fully saturated rings. The summed E-state index contributed by atoms with van der Waals surface area (Å²) in [5.74, 6) is 0. The third-order valence-electron chi connectivity index (χ3n) is 2.23. The van der Waals surface area contributed by atoms with E-state index in [0.29, 0.717) is 6.54 Å². The Balaban J connectivity index is 2.35. The lowest BCUT2D eigenvalue weighted by atomic mass is 10.1. The van der Waals surface area contributed by atoms with E-state index in [2.05, 4.69) is 30.1 Å². The van der Waals surface area contributed by atoms with Crippen molar-refractivity contribution in [1.29, 1.82) is 5.26 Å². The second-order valence-electron chi connectivity index (χ2n) is 3.40. The summed E-state index contributed by atoms with van der Waals surface area (Å²) in [6.07, 6.45) is 3.55. The van der Waals surface area contributed by atoms with Gasteiger partial charge in [-0.05, 0) is 18.4 Å². The Morgan fingerprint density at radius 1 is 1.40 bits per heavy atom. The molecule has 0 aliphatic rings. The Morgan fingerprint density at radius 2 is 2.13 bits per heavy atom. The second kappa shape index (κ2) is 6.80. The van der Waals surface area contributed by atoms with Crippen LogP contribution in [0.3, 0.4) is 0 Å². The third-order valence-corrected chi connectivity index (χ3v) is 2.23. The minimum Gasteiger partial charge on any atom is -0.298 e. The minimum atomic E-state index is -0.0804. The van der Waals surface area contributed by atoms with Crippen LogP contribution in [0, 0.1) is 11.3 Å². The molecule has 1 aromatic rings. The Morgan fingerprint density at radius 3 is 2.73 bits per heavy atom. The van der Waals surface area contributed by atoms with Crippen molar-refractivity contribution in [1.82, 2.24) is 5.32 Å². The molecule has 0 radical (unpaired) electrons. The van der Waals surface area contributed by atoms with E-state index in [1.165, 1.54) is 5.56 Å². The van der Waals surface area contributed by atoms with Gasteiger partial charge in [0.1, 0.15) is 0 Å². The van der Waals surface area contributed by atoms with Crippen LogP contribution in [-0.2, 0) is 6.42 Å². The Bertz CT molecular complexity index is 324. The molecular formula is C13H16N2. The highest BCUT2D eigenvalue weighted by Gasteiger charge is 2.04. The van der Waals surface area contributed by atoms with Crippen molar-refractivity contribution in [3.05, 3.63) is 48.6 Å². The average Bonchev–Trinajstić information content (AvgIpc) is 2.31. The quantitative estimate of drug-likeness (QED) is 0.715. The van der Waals surface area contributed by atoms with Crippen molar-refractivity contribution in [2.45, 2.75) is 18.9 Å². The SMILES string of the molecule is C=CCNC(C#N)CCc1ccccc1. The van der Waals surface area contributed by atoms with Gasteiger partial charge in [-0.25, -0.2) is 0 Å². The number of hydrogen-bond donors (Lipinski definition) is 1. The molecular weight excluding hydrogens is 184 g/mol. The molecule has 15 heavy (non-hydrogen) atoms. The van der Waals surface area contributed by atoms with E-state index in [-0.39, 0.29) is 6.04 Å². The molecule has 1 aromatic carbocycles. The summed E-state index contributed by atoms with van der Waals surface area (Å²) in [6, 6.07) is 12.4. The number of aryl methyl sites for hydroxylation is 1. The van der Waals surface area contributed by atoms with Gasteiger partial charge < -0.3 is 0 Å². The summed E-state index contributed by atoms with van der Waals surface area (Å²) >= 11 is 0. The van der Waals surface area contributed by atoms with Crippen molar-refractivity contribution >= 4 is 0 Å². The summed E-state index contributed by atoms with van der Waals surface area (Å²) in [5.41, 5.74) is 1.28. The molecule has 2 nitrogen and oxygen atoms in total. The first-order valence-electron chi connectivity index (χ1n) is 5.14. The van der Waals surface area contributed by atoms with Gasteiger partial charge in [0.15, 0.2) is 0 Å². The fourth-order valence-corrected chi connectivity index (χ4v) is 1.39. The van der Waals surface area contributed by atoms with E-state index in [1.54, 1.807) is 6.08 Å². The van der Waals surface area contributed by atoms with Crippen LogP contribution in [-0.4, -0.2) is 12.6 Å². The third kappa shape index (κ3) is 4.44.